The summed E-state index contributed by atoms with van der Waals surface area (Å²) in [6.07, 6.45) is 1.06. The van der Waals surface area contributed by atoms with Gasteiger partial charge >= 0.3 is 6.03 Å². The van der Waals surface area contributed by atoms with E-state index in [-0.39, 0.29) is 6.03 Å². The Kier molecular flexibility index (Phi) is 6.40. The highest BCUT2D eigenvalue weighted by Gasteiger charge is 2.43. The zero-order valence-corrected chi connectivity index (χ0v) is 22.0. The lowest BCUT2D eigenvalue weighted by Crippen LogP contribution is -2.48. The third-order valence-electron chi connectivity index (χ3n) is 8.20. The fourth-order valence-corrected chi connectivity index (χ4v) is 6.29. The van der Waals surface area contributed by atoms with Crippen molar-refractivity contribution >= 4 is 6.03 Å². The quantitative estimate of drug-likeness (QED) is 0.283. The minimum atomic E-state index is -0.521. The Labute approximate surface area is 225 Å². The van der Waals surface area contributed by atoms with Crippen LogP contribution in [-0.4, -0.2) is 12.6 Å². The third-order valence-corrected chi connectivity index (χ3v) is 8.20. The van der Waals surface area contributed by atoms with Gasteiger partial charge in [0.05, 0.1) is 5.54 Å². The van der Waals surface area contributed by atoms with E-state index < -0.39 is 5.54 Å². The second-order valence-corrected chi connectivity index (χ2v) is 11.0. The Hall–Kier alpha value is -4.05. The van der Waals surface area contributed by atoms with Crippen LogP contribution in [0.15, 0.2) is 103 Å². The molecule has 4 aromatic rings. The summed E-state index contributed by atoms with van der Waals surface area (Å²) in [6, 6.07) is 35.6. The minimum absolute atomic E-state index is 0.137. The Balaban J connectivity index is 1.08. The molecule has 1 atom stereocenters. The average molecular weight is 503 g/mol. The van der Waals surface area contributed by atoms with Crippen LogP contribution in [0.4, 0.5) is 4.79 Å². The Morgan fingerprint density at radius 3 is 2.00 bits per heavy atom. The molecule has 0 saturated heterocycles. The Morgan fingerprint density at radius 1 is 0.789 bits per heavy atom. The molecule has 2 N–H and O–H groups in total. The van der Waals surface area contributed by atoms with Crippen LogP contribution < -0.4 is 15.4 Å². The number of urea groups is 1. The van der Waals surface area contributed by atoms with Gasteiger partial charge in [-0.25, -0.2) is 4.79 Å². The zero-order valence-electron chi connectivity index (χ0n) is 22.0. The first-order valence-corrected chi connectivity index (χ1v) is 13.5. The summed E-state index contributed by atoms with van der Waals surface area (Å²) in [5.74, 6) is 1.91. The van der Waals surface area contributed by atoms with E-state index in [0.717, 1.165) is 23.3 Å². The van der Waals surface area contributed by atoms with Crippen molar-refractivity contribution in [3.8, 4) is 5.75 Å². The van der Waals surface area contributed by atoms with Gasteiger partial charge in [-0.15, -0.1) is 0 Å². The fraction of sp³-hybridized carbons (Fsp3) is 0.265. The van der Waals surface area contributed by atoms with Gasteiger partial charge in [0.2, 0.25) is 0 Å². The normalized spacial score (nSPS) is 19.3. The number of benzene rings is 4. The van der Waals surface area contributed by atoms with Crippen LogP contribution in [0.2, 0.25) is 0 Å². The van der Waals surface area contributed by atoms with E-state index >= 15 is 0 Å². The van der Waals surface area contributed by atoms with Crippen LogP contribution in [-0.2, 0) is 12.1 Å². The predicted octanol–water partition coefficient (Wildman–Crippen LogP) is 7.10. The Morgan fingerprint density at radius 2 is 1.37 bits per heavy atom. The second kappa shape index (κ2) is 10.0. The van der Waals surface area contributed by atoms with Gasteiger partial charge in [-0.1, -0.05) is 91.0 Å². The largest absolute Gasteiger partial charge is 0.489 e. The summed E-state index contributed by atoms with van der Waals surface area (Å²) in [5, 5.41) is 6.38. The predicted molar refractivity (Wildman–Crippen MR) is 151 cm³/mol. The lowest BCUT2D eigenvalue weighted by Gasteiger charge is -2.45. The van der Waals surface area contributed by atoms with Crippen LogP contribution in [0.3, 0.4) is 0 Å². The molecule has 4 heteroatoms. The number of amides is 2. The maximum Gasteiger partial charge on any atom is 0.315 e. The highest BCUT2D eigenvalue weighted by molar-refractivity contribution is 5.75. The molecule has 0 aliphatic heterocycles. The van der Waals surface area contributed by atoms with E-state index in [2.05, 4.69) is 71.3 Å². The maximum atomic E-state index is 13.1. The lowest BCUT2D eigenvalue weighted by molar-refractivity contribution is 0.225. The van der Waals surface area contributed by atoms with E-state index in [9.17, 15) is 4.79 Å². The van der Waals surface area contributed by atoms with Crippen molar-refractivity contribution in [3.63, 3.8) is 0 Å². The summed E-state index contributed by atoms with van der Waals surface area (Å²) in [4.78, 5) is 13.1. The van der Waals surface area contributed by atoms with Gasteiger partial charge in [0.15, 0.2) is 0 Å². The number of nitrogens with one attached hydrogen (secondary N) is 2. The summed E-state index contributed by atoms with van der Waals surface area (Å²) in [7, 11) is 0. The molecule has 4 nitrogen and oxygen atoms in total. The molecule has 7 rings (SSSR count). The summed E-state index contributed by atoms with van der Waals surface area (Å²) in [5.41, 5.74) is 7.39. The third kappa shape index (κ3) is 4.67. The molecular formula is C34H34N2O2. The van der Waals surface area contributed by atoms with Crippen molar-refractivity contribution in [1.29, 1.82) is 0 Å². The molecule has 2 bridgehead atoms. The van der Waals surface area contributed by atoms with Crippen molar-refractivity contribution in [2.75, 3.05) is 6.54 Å². The number of rotatable bonds is 7. The molecule has 3 aliphatic carbocycles. The van der Waals surface area contributed by atoms with E-state index in [1.54, 1.807) is 0 Å². The maximum absolute atomic E-state index is 13.1. The summed E-state index contributed by atoms with van der Waals surface area (Å²) < 4.78 is 5.92. The number of fused-ring (bicyclic) bond motifs is 1. The SMILES string of the molecule is CC(C)(NC(=O)NCC1CC2c3ccccc3C1c1ccccc12)c1ccc(OCc2ccccc2)cc1. The first kappa shape index (κ1) is 24.3. The summed E-state index contributed by atoms with van der Waals surface area (Å²) in [6.45, 7) is 5.24. The van der Waals surface area contributed by atoms with E-state index in [0.29, 0.717) is 30.9 Å². The number of hydrogen-bond donors (Lipinski definition) is 2. The molecule has 0 fully saturated rings. The van der Waals surface area contributed by atoms with Crippen molar-refractivity contribution in [3.05, 3.63) is 137 Å². The van der Waals surface area contributed by atoms with Crippen molar-refractivity contribution in [1.82, 2.24) is 10.6 Å². The fourth-order valence-electron chi connectivity index (χ4n) is 6.29. The van der Waals surface area contributed by atoms with E-state index in [1.165, 1.54) is 22.3 Å². The van der Waals surface area contributed by atoms with Gasteiger partial charge in [-0.3, -0.25) is 0 Å². The van der Waals surface area contributed by atoms with Crippen LogP contribution in [0.25, 0.3) is 0 Å². The zero-order chi connectivity index (χ0) is 26.1. The van der Waals surface area contributed by atoms with Crippen molar-refractivity contribution in [2.24, 2.45) is 5.92 Å². The van der Waals surface area contributed by atoms with E-state index in [1.807, 2.05) is 56.3 Å². The van der Waals surface area contributed by atoms with Crippen molar-refractivity contribution < 1.29 is 9.53 Å². The smallest absolute Gasteiger partial charge is 0.315 e. The topological polar surface area (TPSA) is 50.4 Å². The van der Waals surface area contributed by atoms with Gasteiger partial charge in [0.25, 0.3) is 0 Å². The van der Waals surface area contributed by atoms with Crippen LogP contribution >= 0.6 is 0 Å². The second-order valence-electron chi connectivity index (χ2n) is 11.0. The molecule has 192 valence electrons. The molecule has 0 heterocycles. The van der Waals surface area contributed by atoms with Crippen LogP contribution in [0, 0.1) is 5.92 Å². The van der Waals surface area contributed by atoms with Crippen LogP contribution in [0.5, 0.6) is 5.75 Å². The molecule has 2 amide bonds. The first-order valence-electron chi connectivity index (χ1n) is 13.5. The lowest BCUT2D eigenvalue weighted by atomic mass is 9.59. The van der Waals surface area contributed by atoms with E-state index in [4.69, 9.17) is 4.74 Å². The molecule has 0 saturated carbocycles. The standard InChI is InChI=1S/C34H34N2O2/c1-34(2,25-16-18-26(19-17-25)38-22-23-10-4-3-5-11-23)36-33(37)35-21-24-20-31-27-12-6-8-14-29(27)32(24)30-15-9-7-13-28(30)31/h3-19,24,31-32H,20-22H2,1-2H3,(H2,35,36,37). The van der Waals surface area contributed by atoms with Gasteiger partial charge in [0.1, 0.15) is 12.4 Å². The molecule has 0 aromatic heterocycles. The van der Waals surface area contributed by atoms with Crippen molar-refractivity contribution in [2.45, 2.75) is 44.2 Å². The van der Waals surface area contributed by atoms with Gasteiger partial charge in [0, 0.05) is 18.4 Å². The molecule has 38 heavy (non-hydrogen) atoms. The minimum Gasteiger partial charge on any atom is -0.489 e. The number of carbonyl (C=O) groups is 1. The Bertz CT molecular complexity index is 1380. The van der Waals surface area contributed by atoms with Gasteiger partial charge in [-0.2, -0.15) is 0 Å². The molecule has 1 unspecified atom stereocenters. The molecule has 0 spiro atoms. The molecule has 4 aromatic carbocycles. The molecule has 3 aliphatic rings. The number of hydrogen-bond acceptors (Lipinski definition) is 2. The highest BCUT2D eigenvalue weighted by atomic mass is 16.5. The summed E-state index contributed by atoms with van der Waals surface area (Å²) >= 11 is 0. The van der Waals surface area contributed by atoms with Gasteiger partial charge < -0.3 is 15.4 Å². The molecule has 0 radical (unpaired) electrons. The monoisotopic (exact) mass is 502 g/mol. The first-order chi connectivity index (χ1) is 18.5. The van der Waals surface area contributed by atoms with Crippen LogP contribution in [0.1, 0.15) is 65.5 Å². The molecular weight excluding hydrogens is 468 g/mol. The number of ether oxygens (including phenoxy) is 1. The number of carbonyl (C=O) groups excluding carboxylic acids is 1. The highest BCUT2D eigenvalue weighted by Crippen LogP contribution is 2.55. The average Bonchev–Trinajstić information content (AvgIpc) is 2.96. The van der Waals surface area contributed by atoms with Gasteiger partial charge in [-0.05, 0) is 71.7 Å².